The van der Waals surface area contributed by atoms with Gasteiger partial charge in [-0.05, 0) is 24.3 Å². The number of rotatable bonds is 5. The van der Waals surface area contributed by atoms with Crippen molar-refractivity contribution in [2.24, 2.45) is 0 Å². The number of halogens is 3. The number of carbonyl (C=O) groups excluding carboxylic acids is 1. The Kier molecular flexibility index (Phi) is 5.03. The number of hydrogen-bond acceptors (Lipinski definition) is 2. The number of nitrogens with one attached hydrogen (secondary N) is 1. The van der Waals surface area contributed by atoms with Crippen molar-refractivity contribution >= 4 is 23.5 Å². The second kappa shape index (κ2) is 6.30. The van der Waals surface area contributed by atoms with Crippen LogP contribution in [-0.2, 0) is 4.79 Å². The minimum absolute atomic E-state index is 0.153. The Labute approximate surface area is 107 Å². The molecule has 0 radical (unpaired) electrons. The molecule has 0 spiro atoms. The van der Waals surface area contributed by atoms with Gasteiger partial charge < -0.3 is 10.4 Å². The average molecular weight is 278 g/mol. The van der Waals surface area contributed by atoms with Crippen LogP contribution in [0.5, 0.6) is 0 Å². The summed E-state index contributed by atoms with van der Waals surface area (Å²) in [6, 6.07) is 4.02. The Hall–Kier alpha value is -1.69. The van der Waals surface area contributed by atoms with Gasteiger partial charge in [-0.15, -0.1) is 0 Å². The van der Waals surface area contributed by atoms with Gasteiger partial charge in [0.25, 0.3) is 5.91 Å². The zero-order valence-corrected chi connectivity index (χ0v) is 9.82. The van der Waals surface area contributed by atoms with Crippen molar-refractivity contribution in [1.29, 1.82) is 0 Å². The number of carboxylic acids is 1. The predicted octanol–water partition coefficient (Wildman–Crippen LogP) is 2.18. The maximum atomic E-state index is 12.1. The largest absolute Gasteiger partial charge is 0.480 e. The summed E-state index contributed by atoms with van der Waals surface area (Å²) >= 11 is 5.62. The monoisotopic (exact) mass is 277 g/mol. The molecule has 0 saturated heterocycles. The first-order valence-corrected chi connectivity index (χ1v) is 5.35. The highest BCUT2D eigenvalue weighted by Gasteiger charge is 2.24. The van der Waals surface area contributed by atoms with E-state index in [4.69, 9.17) is 16.7 Å². The summed E-state index contributed by atoms with van der Waals surface area (Å²) in [4.78, 5) is 22.3. The number of alkyl halides is 2. The molecule has 18 heavy (non-hydrogen) atoms. The van der Waals surface area contributed by atoms with E-state index in [9.17, 15) is 18.4 Å². The molecule has 0 aliphatic rings. The van der Waals surface area contributed by atoms with Crippen LogP contribution in [0.15, 0.2) is 24.3 Å². The van der Waals surface area contributed by atoms with Crippen molar-refractivity contribution < 1.29 is 23.5 Å². The van der Waals surface area contributed by atoms with Crippen molar-refractivity contribution in [1.82, 2.24) is 5.32 Å². The highest BCUT2D eigenvalue weighted by Crippen LogP contribution is 2.10. The number of amides is 1. The van der Waals surface area contributed by atoms with Gasteiger partial charge in [0.1, 0.15) is 6.04 Å². The summed E-state index contributed by atoms with van der Waals surface area (Å²) in [7, 11) is 0. The summed E-state index contributed by atoms with van der Waals surface area (Å²) < 4.78 is 24.2. The molecule has 1 aromatic carbocycles. The zero-order chi connectivity index (χ0) is 13.7. The SMILES string of the molecule is O=C(NC(CC(F)F)C(=O)O)c1ccc(Cl)cc1. The quantitative estimate of drug-likeness (QED) is 0.867. The average Bonchev–Trinajstić information content (AvgIpc) is 2.28. The first kappa shape index (κ1) is 14.4. The van der Waals surface area contributed by atoms with Crippen LogP contribution < -0.4 is 5.32 Å². The molecule has 0 saturated carbocycles. The van der Waals surface area contributed by atoms with Crippen molar-refractivity contribution in [2.45, 2.75) is 18.9 Å². The standard InChI is InChI=1S/C11H10ClF2NO3/c12-7-3-1-6(2-4-7)10(16)15-8(11(17)18)5-9(13)14/h1-4,8-9H,5H2,(H,15,16)(H,17,18). The summed E-state index contributed by atoms with van der Waals surface area (Å²) in [6.45, 7) is 0. The number of aliphatic carboxylic acids is 1. The maximum absolute atomic E-state index is 12.1. The van der Waals surface area contributed by atoms with E-state index in [-0.39, 0.29) is 5.56 Å². The van der Waals surface area contributed by atoms with Gasteiger partial charge >= 0.3 is 5.97 Å². The van der Waals surface area contributed by atoms with Crippen molar-refractivity contribution in [3.63, 3.8) is 0 Å². The molecule has 0 aliphatic carbocycles. The first-order chi connectivity index (χ1) is 8.40. The minimum atomic E-state index is -2.81. The van der Waals surface area contributed by atoms with Crippen LogP contribution in [0.4, 0.5) is 8.78 Å². The van der Waals surface area contributed by atoms with E-state index >= 15 is 0 Å². The Morgan fingerprint density at radius 1 is 1.28 bits per heavy atom. The molecule has 4 nitrogen and oxygen atoms in total. The van der Waals surface area contributed by atoms with Gasteiger partial charge in [-0.25, -0.2) is 13.6 Å². The van der Waals surface area contributed by atoms with E-state index in [2.05, 4.69) is 0 Å². The molecular weight excluding hydrogens is 268 g/mol. The molecule has 0 aromatic heterocycles. The van der Waals surface area contributed by atoms with E-state index in [0.29, 0.717) is 5.02 Å². The van der Waals surface area contributed by atoms with E-state index in [1.54, 1.807) is 0 Å². The highest BCUT2D eigenvalue weighted by atomic mass is 35.5. The predicted molar refractivity (Wildman–Crippen MR) is 61.0 cm³/mol. The minimum Gasteiger partial charge on any atom is -0.480 e. The van der Waals surface area contributed by atoms with E-state index in [1.165, 1.54) is 24.3 Å². The Balaban J connectivity index is 2.72. The second-order valence-electron chi connectivity index (χ2n) is 3.50. The summed E-state index contributed by atoms with van der Waals surface area (Å²) in [5, 5.41) is 11.1. The lowest BCUT2D eigenvalue weighted by Crippen LogP contribution is -2.42. The van der Waals surface area contributed by atoms with Crippen LogP contribution in [0.3, 0.4) is 0 Å². The molecule has 7 heteroatoms. The fourth-order valence-electron chi connectivity index (χ4n) is 1.24. The lowest BCUT2D eigenvalue weighted by atomic mass is 10.1. The van der Waals surface area contributed by atoms with E-state index in [0.717, 1.165) is 0 Å². The van der Waals surface area contributed by atoms with E-state index < -0.39 is 30.8 Å². The third-order valence-electron chi connectivity index (χ3n) is 2.12. The topological polar surface area (TPSA) is 66.4 Å². The summed E-state index contributed by atoms with van der Waals surface area (Å²) in [5.74, 6) is -2.24. The van der Waals surface area contributed by atoms with Gasteiger partial charge in [-0.3, -0.25) is 4.79 Å². The van der Waals surface area contributed by atoms with Gasteiger partial charge in [-0.1, -0.05) is 11.6 Å². The molecule has 98 valence electrons. The number of hydrogen-bond donors (Lipinski definition) is 2. The molecular formula is C11H10ClF2NO3. The van der Waals surface area contributed by atoms with Crippen LogP contribution in [-0.4, -0.2) is 29.5 Å². The summed E-state index contributed by atoms with van der Waals surface area (Å²) in [5.41, 5.74) is 0.153. The lowest BCUT2D eigenvalue weighted by molar-refractivity contribution is -0.140. The second-order valence-corrected chi connectivity index (χ2v) is 3.93. The third-order valence-corrected chi connectivity index (χ3v) is 2.38. The molecule has 1 aromatic rings. The van der Waals surface area contributed by atoms with Gasteiger partial charge in [-0.2, -0.15) is 0 Å². The molecule has 0 fully saturated rings. The molecule has 1 atom stereocenters. The molecule has 1 rings (SSSR count). The molecule has 2 N–H and O–H groups in total. The van der Waals surface area contributed by atoms with Gasteiger partial charge in [0.2, 0.25) is 6.43 Å². The van der Waals surface area contributed by atoms with Crippen LogP contribution in [0, 0.1) is 0 Å². The molecule has 0 bridgehead atoms. The normalized spacial score (nSPS) is 12.2. The van der Waals surface area contributed by atoms with Crippen LogP contribution in [0.1, 0.15) is 16.8 Å². The maximum Gasteiger partial charge on any atom is 0.326 e. The number of carboxylic acid groups (broad SMARTS) is 1. The molecule has 0 aliphatic heterocycles. The third kappa shape index (κ3) is 4.29. The fraction of sp³-hybridized carbons (Fsp3) is 0.273. The highest BCUT2D eigenvalue weighted by molar-refractivity contribution is 6.30. The molecule has 0 heterocycles. The lowest BCUT2D eigenvalue weighted by Gasteiger charge is -2.13. The van der Waals surface area contributed by atoms with E-state index in [1.807, 2.05) is 5.32 Å². The van der Waals surface area contributed by atoms with Crippen LogP contribution in [0.2, 0.25) is 5.02 Å². The van der Waals surface area contributed by atoms with Gasteiger partial charge in [0, 0.05) is 17.0 Å². The van der Waals surface area contributed by atoms with Gasteiger partial charge in [0.05, 0.1) is 0 Å². The smallest absolute Gasteiger partial charge is 0.326 e. The molecule has 1 unspecified atom stereocenters. The zero-order valence-electron chi connectivity index (χ0n) is 9.07. The Morgan fingerprint density at radius 3 is 2.28 bits per heavy atom. The Bertz CT molecular complexity index is 436. The Morgan fingerprint density at radius 2 is 1.83 bits per heavy atom. The number of carbonyl (C=O) groups is 2. The number of benzene rings is 1. The fourth-order valence-corrected chi connectivity index (χ4v) is 1.37. The van der Waals surface area contributed by atoms with Crippen molar-refractivity contribution in [3.05, 3.63) is 34.9 Å². The van der Waals surface area contributed by atoms with Crippen LogP contribution in [0.25, 0.3) is 0 Å². The molecule has 1 amide bonds. The van der Waals surface area contributed by atoms with Gasteiger partial charge in [0.15, 0.2) is 0 Å². The van der Waals surface area contributed by atoms with Crippen molar-refractivity contribution in [2.75, 3.05) is 0 Å². The first-order valence-electron chi connectivity index (χ1n) is 4.97. The summed E-state index contributed by atoms with van der Waals surface area (Å²) in [6.07, 6.45) is -3.74. The van der Waals surface area contributed by atoms with Crippen molar-refractivity contribution in [3.8, 4) is 0 Å². The van der Waals surface area contributed by atoms with Crippen LogP contribution >= 0.6 is 11.6 Å².